The van der Waals surface area contributed by atoms with Gasteiger partial charge in [-0.3, -0.25) is 0 Å². The van der Waals surface area contributed by atoms with Crippen LogP contribution in [-0.4, -0.2) is 16.0 Å². The number of aryl methyl sites for hydroxylation is 2. The lowest BCUT2D eigenvalue weighted by molar-refractivity contribution is 0.639. The molecule has 3 nitrogen and oxygen atoms in total. The summed E-state index contributed by atoms with van der Waals surface area (Å²) >= 11 is 1.74. The molecule has 2 N–H and O–H groups in total. The minimum absolute atomic E-state index is 0.192. The van der Waals surface area contributed by atoms with Gasteiger partial charge in [0.2, 0.25) is 0 Å². The zero-order valence-corrected chi connectivity index (χ0v) is 10.8. The van der Waals surface area contributed by atoms with Gasteiger partial charge in [-0.05, 0) is 25.8 Å². The van der Waals surface area contributed by atoms with Gasteiger partial charge in [-0.1, -0.05) is 6.92 Å². The third-order valence-electron chi connectivity index (χ3n) is 3.02. The highest BCUT2D eigenvalue weighted by Crippen LogP contribution is 2.30. The zero-order valence-electron chi connectivity index (χ0n) is 9.95. The predicted octanol–water partition coefficient (Wildman–Crippen LogP) is 2.59. The molecule has 0 saturated carbocycles. The zero-order chi connectivity index (χ0) is 11.7. The maximum Gasteiger partial charge on any atom is 0.127 e. The molecular weight excluding hydrogens is 218 g/mol. The number of fused-ring (bicyclic) bond motifs is 1. The van der Waals surface area contributed by atoms with Crippen molar-refractivity contribution in [3.05, 3.63) is 22.5 Å². The average molecular weight is 235 g/mol. The number of aromatic nitrogens is 2. The Labute approximate surface area is 99.7 Å². The van der Waals surface area contributed by atoms with Gasteiger partial charge < -0.3 is 5.73 Å². The molecule has 0 aliphatic rings. The van der Waals surface area contributed by atoms with Crippen molar-refractivity contribution in [2.24, 2.45) is 5.73 Å². The molecule has 86 valence electrons. The van der Waals surface area contributed by atoms with Crippen LogP contribution in [0, 0.1) is 13.8 Å². The topological polar surface area (TPSA) is 51.8 Å². The molecule has 0 saturated heterocycles. The van der Waals surface area contributed by atoms with Gasteiger partial charge >= 0.3 is 0 Å². The minimum atomic E-state index is 0.192. The van der Waals surface area contributed by atoms with E-state index in [-0.39, 0.29) is 6.04 Å². The maximum absolute atomic E-state index is 6.00. The van der Waals surface area contributed by atoms with Gasteiger partial charge in [0.25, 0.3) is 0 Å². The SMILES string of the molecule is CCC(N)Cc1ncnc2sc(C)c(C)c12. The fourth-order valence-corrected chi connectivity index (χ4v) is 2.82. The molecule has 0 fully saturated rings. The highest BCUT2D eigenvalue weighted by molar-refractivity contribution is 7.18. The first-order valence-corrected chi connectivity index (χ1v) is 6.40. The van der Waals surface area contributed by atoms with Crippen LogP contribution in [0.1, 0.15) is 29.5 Å². The Bertz CT molecular complexity index is 504. The van der Waals surface area contributed by atoms with Crippen molar-refractivity contribution in [3.63, 3.8) is 0 Å². The van der Waals surface area contributed by atoms with Crippen LogP contribution < -0.4 is 5.73 Å². The van der Waals surface area contributed by atoms with Crippen LogP contribution in [0.25, 0.3) is 10.2 Å². The Morgan fingerprint density at radius 2 is 2.12 bits per heavy atom. The van der Waals surface area contributed by atoms with Gasteiger partial charge in [-0.15, -0.1) is 11.3 Å². The van der Waals surface area contributed by atoms with Gasteiger partial charge in [0.1, 0.15) is 11.2 Å². The average Bonchev–Trinajstić information content (AvgIpc) is 2.56. The van der Waals surface area contributed by atoms with Crippen LogP contribution in [0.5, 0.6) is 0 Å². The van der Waals surface area contributed by atoms with Crippen molar-refractivity contribution >= 4 is 21.6 Å². The summed E-state index contributed by atoms with van der Waals surface area (Å²) in [7, 11) is 0. The first kappa shape index (κ1) is 11.5. The third kappa shape index (κ3) is 1.95. The third-order valence-corrected chi connectivity index (χ3v) is 4.14. The number of hydrogen-bond donors (Lipinski definition) is 1. The molecule has 0 aromatic carbocycles. The Morgan fingerprint density at radius 3 is 2.81 bits per heavy atom. The molecule has 2 aromatic heterocycles. The monoisotopic (exact) mass is 235 g/mol. The fourth-order valence-electron chi connectivity index (χ4n) is 1.80. The molecule has 16 heavy (non-hydrogen) atoms. The van der Waals surface area contributed by atoms with Crippen LogP contribution in [0.15, 0.2) is 6.33 Å². The number of hydrogen-bond acceptors (Lipinski definition) is 4. The molecule has 0 radical (unpaired) electrons. The van der Waals surface area contributed by atoms with Crippen LogP contribution in [0.4, 0.5) is 0 Å². The molecule has 0 aliphatic carbocycles. The first-order valence-electron chi connectivity index (χ1n) is 5.58. The fraction of sp³-hybridized carbons (Fsp3) is 0.500. The van der Waals surface area contributed by atoms with E-state index < -0.39 is 0 Å². The summed E-state index contributed by atoms with van der Waals surface area (Å²) in [5.74, 6) is 0. The van der Waals surface area contributed by atoms with Gasteiger partial charge in [0, 0.05) is 22.7 Å². The molecule has 0 bridgehead atoms. The first-order chi connectivity index (χ1) is 7.63. The van der Waals surface area contributed by atoms with E-state index in [2.05, 4.69) is 30.7 Å². The van der Waals surface area contributed by atoms with Crippen LogP contribution >= 0.6 is 11.3 Å². The molecule has 2 aromatic rings. The Kier molecular flexibility index (Phi) is 3.21. The number of nitrogens with two attached hydrogens (primary N) is 1. The Morgan fingerprint density at radius 1 is 1.38 bits per heavy atom. The molecule has 0 spiro atoms. The Hall–Kier alpha value is -1.00. The van der Waals surface area contributed by atoms with Crippen molar-refractivity contribution in [1.82, 2.24) is 9.97 Å². The van der Waals surface area contributed by atoms with Crippen molar-refractivity contribution < 1.29 is 0 Å². The smallest absolute Gasteiger partial charge is 0.127 e. The minimum Gasteiger partial charge on any atom is -0.327 e. The molecule has 0 aliphatic heterocycles. The lowest BCUT2D eigenvalue weighted by Crippen LogP contribution is -2.22. The Balaban J connectivity index is 2.52. The van der Waals surface area contributed by atoms with Crippen molar-refractivity contribution in [1.29, 1.82) is 0 Å². The lowest BCUT2D eigenvalue weighted by atomic mass is 10.1. The van der Waals surface area contributed by atoms with Crippen LogP contribution in [0.3, 0.4) is 0 Å². The van der Waals surface area contributed by atoms with Crippen molar-refractivity contribution in [2.75, 3.05) is 0 Å². The van der Waals surface area contributed by atoms with Crippen molar-refractivity contribution in [3.8, 4) is 0 Å². The second-order valence-electron chi connectivity index (χ2n) is 4.16. The summed E-state index contributed by atoms with van der Waals surface area (Å²) < 4.78 is 0. The van der Waals surface area contributed by atoms with E-state index in [0.29, 0.717) is 0 Å². The summed E-state index contributed by atoms with van der Waals surface area (Å²) in [5, 5.41) is 1.22. The normalized spacial score (nSPS) is 13.2. The van der Waals surface area contributed by atoms with E-state index in [4.69, 9.17) is 5.73 Å². The number of thiophene rings is 1. The summed E-state index contributed by atoms with van der Waals surface area (Å²) in [6, 6.07) is 0.192. The van der Waals surface area contributed by atoms with E-state index in [1.54, 1.807) is 17.7 Å². The van der Waals surface area contributed by atoms with Crippen LogP contribution in [0.2, 0.25) is 0 Å². The summed E-state index contributed by atoms with van der Waals surface area (Å²) in [6.45, 7) is 6.37. The molecule has 0 amide bonds. The van der Waals surface area contributed by atoms with Gasteiger partial charge in [-0.25, -0.2) is 9.97 Å². The second kappa shape index (κ2) is 4.47. The summed E-state index contributed by atoms with van der Waals surface area (Å²) in [6.07, 6.45) is 3.47. The van der Waals surface area contributed by atoms with E-state index in [1.807, 2.05) is 0 Å². The molecule has 2 heterocycles. The van der Waals surface area contributed by atoms with Gasteiger partial charge in [0.05, 0.1) is 5.69 Å². The standard InChI is InChI=1S/C12H17N3S/c1-4-9(13)5-10-11-7(2)8(3)16-12(11)15-6-14-10/h6,9H,4-5,13H2,1-3H3. The highest BCUT2D eigenvalue weighted by atomic mass is 32.1. The van der Waals surface area contributed by atoms with E-state index >= 15 is 0 Å². The predicted molar refractivity (Wildman–Crippen MR) is 68.9 cm³/mol. The maximum atomic E-state index is 6.00. The van der Waals surface area contributed by atoms with Crippen LogP contribution in [-0.2, 0) is 6.42 Å². The second-order valence-corrected chi connectivity index (χ2v) is 5.36. The molecular formula is C12H17N3S. The largest absolute Gasteiger partial charge is 0.327 e. The molecule has 1 atom stereocenters. The van der Waals surface area contributed by atoms with E-state index in [1.165, 1.54) is 15.8 Å². The molecule has 1 unspecified atom stereocenters. The number of nitrogens with zero attached hydrogens (tertiary/aromatic N) is 2. The summed E-state index contributed by atoms with van der Waals surface area (Å²) in [5.41, 5.74) is 8.40. The van der Waals surface area contributed by atoms with E-state index in [9.17, 15) is 0 Å². The lowest BCUT2D eigenvalue weighted by Gasteiger charge is -2.08. The summed E-state index contributed by atoms with van der Waals surface area (Å²) in [4.78, 5) is 11.1. The van der Waals surface area contributed by atoms with E-state index in [0.717, 1.165) is 23.4 Å². The number of rotatable bonds is 3. The quantitative estimate of drug-likeness (QED) is 0.889. The van der Waals surface area contributed by atoms with Gasteiger partial charge in [0.15, 0.2) is 0 Å². The van der Waals surface area contributed by atoms with Crippen molar-refractivity contribution in [2.45, 2.75) is 39.7 Å². The highest BCUT2D eigenvalue weighted by Gasteiger charge is 2.13. The van der Waals surface area contributed by atoms with Gasteiger partial charge in [-0.2, -0.15) is 0 Å². The molecule has 2 rings (SSSR count). The molecule has 4 heteroatoms.